The third kappa shape index (κ3) is 2.91. The Bertz CT molecular complexity index is 664. The van der Waals surface area contributed by atoms with Crippen molar-refractivity contribution in [1.29, 1.82) is 0 Å². The number of carboxylic acids is 1. The van der Waals surface area contributed by atoms with Crippen LogP contribution < -0.4 is 14.2 Å². The lowest BCUT2D eigenvalue weighted by atomic mass is 10.0. The van der Waals surface area contributed by atoms with Crippen LogP contribution in [0.3, 0.4) is 0 Å². The lowest BCUT2D eigenvalue weighted by Gasteiger charge is -2.14. The van der Waals surface area contributed by atoms with E-state index >= 15 is 0 Å². The van der Waals surface area contributed by atoms with E-state index in [1.807, 2.05) is 24.3 Å². The monoisotopic (exact) mass is 288 g/mol. The second-order valence-electron chi connectivity index (χ2n) is 4.30. The lowest BCUT2D eigenvalue weighted by Crippen LogP contribution is -2.01. The van der Waals surface area contributed by atoms with Crippen molar-refractivity contribution >= 4 is 5.97 Å². The van der Waals surface area contributed by atoms with Crippen molar-refractivity contribution in [2.45, 2.75) is 0 Å². The predicted octanol–water partition coefficient (Wildman–Crippen LogP) is 3.08. The van der Waals surface area contributed by atoms with Gasteiger partial charge in [-0.25, -0.2) is 4.79 Å². The highest BCUT2D eigenvalue weighted by Gasteiger charge is 2.17. The minimum absolute atomic E-state index is 0.130. The average molecular weight is 288 g/mol. The number of benzene rings is 2. The Kier molecular flexibility index (Phi) is 4.33. The fourth-order valence-electron chi connectivity index (χ4n) is 2.09. The van der Waals surface area contributed by atoms with Crippen LogP contribution in [0.4, 0.5) is 0 Å². The summed E-state index contributed by atoms with van der Waals surface area (Å²) >= 11 is 0. The van der Waals surface area contributed by atoms with Gasteiger partial charge in [-0.15, -0.1) is 0 Å². The zero-order valence-electron chi connectivity index (χ0n) is 12.0. The zero-order valence-corrected chi connectivity index (χ0v) is 12.0. The van der Waals surface area contributed by atoms with Gasteiger partial charge >= 0.3 is 5.97 Å². The van der Waals surface area contributed by atoms with E-state index in [9.17, 15) is 9.90 Å². The van der Waals surface area contributed by atoms with Crippen LogP contribution in [0.2, 0.25) is 0 Å². The minimum atomic E-state index is -1.03. The molecule has 21 heavy (non-hydrogen) atoms. The molecule has 0 bridgehead atoms. The van der Waals surface area contributed by atoms with Gasteiger partial charge in [-0.3, -0.25) is 0 Å². The maximum absolute atomic E-state index is 11.3. The number of carbonyl (C=O) groups is 1. The summed E-state index contributed by atoms with van der Waals surface area (Å²) in [5.41, 5.74) is 1.55. The predicted molar refractivity (Wildman–Crippen MR) is 78.5 cm³/mol. The molecule has 2 aromatic rings. The fourth-order valence-corrected chi connectivity index (χ4v) is 2.09. The second-order valence-corrected chi connectivity index (χ2v) is 4.30. The minimum Gasteiger partial charge on any atom is -0.497 e. The Hall–Kier alpha value is -2.69. The third-order valence-electron chi connectivity index (χ3n) is 3.11. The van der Waals surface area contributed by atoms with Gasteiger partial charge < -0.3 is 19.3 Å². The van der Waals surface area contributed by atoms with Crippen molar-refractivity contribution in [3.8, 4) is 28.4 Å². The molecular weight excluding hydrogens is 272 g/mol. The number of ether oxygens (including phenoxy) is 3. The second kappa shape index (κ2) is 6.17. The first-order valence-corrected chi connectivity index (χ1v) is 6.24. The van der Waals surface area contributed by atoms with Gasteiger partial charge in [0, 0.05) is 5.56 Å². The molecule has 1 N–H and O–H groups in total. The van der Waals surface area contributed by atoms with Crippen LogP contribution in [0.15, 0.2) is 36.4 Å². The summed E-state index contributed by atoms with van der Waals surface area (Å²) < 4.78 is 15.8. The van der Waals surface area contributed by atoms with Crippen molar-refractivity contribution < 1.29 is 24.1 Å². The maximum Gasteiger partial charge on any atom is 0.335 e. The van der Waals surface area contributed by atoms with Gasteiger partial charge in [0.25, 0.3) is 0 Å². The molecule has 0 atom stereocenters. The van der Waals surface area contributed by atoms with E-state index < -0.39 is 5.97 Å². The molecule has 5 heteroatoms. The molecule has 2 rings (SSSR count). The van der Waals surface area contributed by atoms with E-state index in [2.05, 4.69) is 0 Å². The normalized spacial score (nSPS) is 10.0. The van der Waals surface area contributed by atoms with Gasteiger partial charge in [0.1, 0.15) is 5.75 Å². The Balaban J connectivity index is 2.69. The van der Waals surface area contributed by atoms with Crippen molar-refractivity contribution in [2.75, 3.05) is 21.3 Å². The Morgan fingerprint density at radius 3 is 2.33 bits per heavy atom. The number of aromatic carboxylic acids is 1. The van der Waals surface area contributed by atoms with E-state index in [0.29, 0.717) is 22.8 Å². The summed E-state index contributed by atoms with van der Waals surface area (Å²) in [5.74, 6) is 0.500. The SMILES string of the molecule is COc1cccc(-c2cc(C(=O)O)cc(OC)c2OC)c1. The van der Waals surface area contributed by atoms with Gasteiger partial charge in [0.15, 0.2) is 11.5 Å². The van der Waals surface area contributed by atoms with Gasteiger partial charge in [0.05, 0.1) is 26.9 Å². The van der Waals surface area contributed by atoms with Gasteiger partial charge in [-0.1, -0.05) is 12.1 Å². The van der Waals surface area contributed by atoms with E-state index in [0.717, 1.165) is 5.56 Å². The average Bonchev–Trinajstić information content (AvgIpc) is 2.53. The highest BCUT2D eigenvalue weighted by Crippen LogP contribution is 2.40. The first kappa shape index (κ1) is 14.7. The largest absolute Gasteiger partial charge is 0.497 e. The summed E-state index contributed by atoms with van der Waals surface area (Å²) in [7, 11) is 4.56. The number of rotatable bonds is 5. The van der Waals surface area contributed by atoms with Crippen molar-refractivity contribution in [1.82, 2.24) is 0 Å². The van der Waals surface area contributed by atoms with Crippen LogP contribution in [0.1, 0.15) is 10.4 Å². The van der Waals surface area contributed by atoms with Crippen LogP contribution >= 0.6 is 0 Å². The van der Waals surface area contributed by atoms with E-state index in [1.54, 1.807) is 13.2 Å². The number of methoxy groups -OCH3 is 3. The Morgan fingerprint density at radius 2 is 1.76 bits per heavy atom. The first-order chi connectivity index (χ1) is 10.1. The van der Waals surface area contributed by atoms with Crippen molar-refractivity contribution in [2.24, 2.45) is 0 Å². The molecule has 0 radical (unpaired) electrons. The van der Waals surface area contributed by atoms with Crippen molar-refractivity contribution in [3.63, 3.8) is 0 Å². The highest BCUT2D eigenvalue weighted by molar-refractivity contribution is 5.92. The van der Waals surface area contributed by atoms with Crippen LogP contribution in [0, 0.1) is 0 Å². The summed E-state index contributed by atoms with van der Waals surface area (Å²) in [6.45, 7) is 0. The summed E-state index contributed by atoms with van der Waals surface area (Å²) in [6, 6.07) is 10.3. The summed E-state index contributed by atoms with van der Waals surface area (Å²) in [6.07, 6.45) is 0. The van der Waals surface area contributed by atoms with Gasteiger partial charge in [-0.2, -0.15) is 0 Å². The molecule has 0 aliphatic carbocycles. The van der Waals surface area contributed by atoms with Crippen LogP contribution in [-0.4, -0.2) is 32.4 Å². The van der Waals surface area contributed by atoms with Crippen molar-refractivity contribution in [3.05, 3.63) is 42.0 Å². The van der Waals surface area contributed by atoms with Crippen LogP contribution in [-0.2, 0) is 0 Å². The molecule has 2 aromatic carbocycles. The summed E-state index contributed by atoms with van der Waals surface area (Å²) in [5, 5.41) is 9.22. The topological polar surface area (TPSA) is 65.0 Å². The van der Waals surface area contributed by atoms with E-state index in [-0.39, 0.29) is 5.56 Å². The molecule has 5 nitrogen and oxygen atoms in total. The lowest BCUT2D eigenvalue weighted by molar-refractivity contribution is 0.0696. The molecular formula is C16H16O5. The Labute approximate surface area is 122 Å². The quantitative estimate of drug-likeness (QED) is 0.916. The summed E-state index contributed by atoms with van der Waals surface area (Å²) in [4.78, 5) is 11.3. The van der Waals surface area contributed by atoms with E-state index in [4.69, 9.17) is 14.2 Å². The van der Waals surface area contributed by atoms with Gasteiger partial charge in [0.2, 0.25) is 0 Å². The molecule has 0 aliphatic heterocycles. The number of carboxylic acid groups (broad SMARTS) is 1. The molecule has 0 unspecified atom stereocenters. The van der Waals surface area contributed by atoms with Gasteiger partial charge in [-0.05, 0) is 29.8 Å². The first-order valence-electron chi connectivity index (χ1n) is 6.24. The third-order valence-corrected chi connectivity index (χ3v) is 3.11. The molecule has 0 saturated carbocycles. The highest BCUT2D eigenvalue weighted by atomic mass is 16.5. The smallest absolute Gasteiger partial charge is 0.335 e. The molecule has 0 heterocycles. The standard InChI is InChI=1S/C16H16O5/c1-19-12-6-4-5-10(7-12)13-8-11(16(17)18)9-14(20-2)15(13)21-3/h4-9H,1-3H3,(H,17,18). The maximum atomic E-state index is 11.3. The zero-order chi connectivity index (χ0) is 15.4. The van der Waals surface area contributed by atoms with E-state index in [1.165, 1.54) is 20.3 Å². The van der Waals surface area contributed by atoms with Crippen LogP contribution in [0.25, 0.3) is 11.1 Å². The molecule has 0 amide bonds. The fraction of sp³-hybridized carbons (Fsp3) is 0.188. The molecule has 0 fully saturated rings. The molecule has 0 aliphatic rings. The molecule has 0 saturated heterocycles. The Morgan fingerprint density at radius 1 is 1.00 bits per heavy atom. The number of hydrogen-bond acceptors (Lipinski definition) is 4. The molecule has 0 aromatic heterocycles. The number of hydrogen-bond donors (Lipinski definition) is 1. The van der Waals surface area contributed by atoms with Crippen LogP contribution in [0.5, 0.6) is 17.2 Å². The molecule has 110 valence electrons. The molecule has 0 spiro atoms.